The zero-order valence-electron chi connectivity index (χ0n) is 9.28. The first kappa shape index (κ1) is 11.9. The van der Waals surface area contributed by atoms with Crippen molar-refractivity contribution in [3.05, 3.63) is 29.3 Å². The van der Waals surface area contributed by atoms with Gasteiger partial charge in [-0.1, -0.05) is 18.2 Å². The van der Waals surface area contributed by atoms with Gasteiger partial charge >= 0.3 is 0 Å². The van der Waals surface area contributed by atoms with Crippen molar-refractivity contribution >= 4 is 17.4 Å². The molecule has 0 amide bonds. The van der Waals surface area contributed by atoms with E-state index < -0.39 is 0 Å². The van der Waals surface area contributed by atoms with Crippen LogP contribution in [0, 0.1) is 13.8 Å². The molecule has 1 atom stereocenters. The Bertz CT molecular complexity index is 363. The predicted octanol–water partition coefficient (Wildman–Crippen LogP) is 3.17. The molecule has 80 valence electrons. The monoisotopic (exact) mass is 221 g/mol. The third kappa shape index (κ3) is 3.46. The molecule has 0 bridgehead atoms. The molecule has 3 heteroatoms. The summed E-state index contributed by atoms with van der Waals surface area (Å²) in [5.41, 5.74) is 2.29. The van der Waals surface area contributed by atoms with Crippen molar-refractivity contribution < 1.29 is 4.74 Å². The molecular formula is C12H15NOS. The van der Waals surface area contributed by atoms with E-state index in [-0.39, 0.29) is 6.04 Å². The molecule has 0 aromatic heterocycles. The van der Waals surface area contributed by atoms with Crippen LogP contribution in [-0.4, -0.2) is 17.8 Å². The van der Waals surface area contributed by atoms with E-state index in [0.717, 1.165) is 16.9 Å². The highest BCUT2D eigenvalue weighted by molar-refractivity contribution is 7.78. The van der Waals surface area contributed by atoms with Crippen molar-refractivity contribution in [3.8, 4) is 5.75 Å². The Morgan fingerprint density at radius 1 is 1.40 bits per heavy atom. The number of thiocarbonyl (C=S) groups is 1. The van der Waals surface area contributed by atoms with E-state index in [9.17, 15) is 0 Å². The smallest absolute Gasteiger partial charge is 0.125 e. The lowest BCUT2D eigenvalue weighted by atomic mass is 10.1. The van der Waals surface area contributed by atoms with Crippen molar-refractivity contribution in [3.63, 3.8) is 0 Å². The molecule has 15 heavy (non-hydrogen) atoms. The lowest BCUT2D eigenvalue weighted by Crippen LogP contribution is -2.12. The zero-order chi connectivity index (χ0) is 11.3. The summed E-state index contributed by atoms with van der Waals surface area (Å²) in [7, 11) is 0. The summed E-state index contributed by atoms with van der Waals surface area (Å²) in [6.45, 7) is 6.56. The number of rotatable bonds is 4. The number of ether oxygens (including phenoxy) is 1. The van der Waals surface area contributed by atoms with E-state index in [2.05, 4.69) is 22.4 Å². The number of nitrogens with zero attached hydrogens (tertiary/aromatic N) is 1. The molecule has 0 spiro atoms. The van der Waals surface area contributed by atoms with E-state index in [1.807, 2.05) is 39.0 Å². The summed E-state index contributed by atoms with van der Waals surface area (Å²) >= 11 is 4.54. The van der Waals surface area contributed by atoms with Gasteiger partial charge in [-0.15, -0.1) is 0 Å². The minimum Gasteiger partial charge on any atom is -0.491 e. The molecule has 1 aromatic rings. The molecule has 1 rings (SSSR count). The predicted molar refractivity (Wildman–Crippen MR) is 65.9 cm³/mol. The van der Waals surface area contributed by atoms with E-state index >= 15 is 0 Å². The lowest BCUT2D eigenvalue weighted by Gasteiger charge is -2.13. The first-order valence-corrected chi connectivity index (χ1v) is 5.32. The fourth-order valence-electron chi connectivity index (χ4n) is 1.36. The molecular weight excluding hydrogens is 206 g/mol. The van der Waals surface area contributed by atoms with Crippen molar-refractivity contribution in [2.75, 3.05) is 6.61 Å². The Labute approximate surface area is 96.0 Å². The number of benzene rings is 1. The molecule has 0 radical (unpaired) electrons. The van der Waals surface area contributed by atoms with E-state index in [1.165, 1.54) is 0 Å². The van der Waals surface area contributed by atoms with Gasteiger partial charge in [0.15, 0.2) is 0 Å². The van der Waals surface area contributed by atoms with Crippen molar-refractivity contribution in [1.29, 1.82) is 0 Å². The van der Waals surface area contributed by atoms with Gasteiger partial charge in [0.05, 0.1) is 11.2 Å². The molecule has 0 saturated heterocycles. The normalized spacial score (nSPS) is 11.7. The molecule has 1 aromatic carbocycles. The van der Waals surface area contributed by atoms with E-state index in [0.29, 0.717) is 6.61 Å². The number of para-hydroxylation sites is 1. The summed E-state index contributed by atoms with van der Waals surface area (Å²) in [5.74, 6) is 0.948. The summed E-state index contributed by atoms with van der Waals surface area (Å²) in [6, 6.07) is 6.16. The van der Waals surface area contributed by atoms with Gasteiger partial charge in [-0.25, -0.2) is 4.99 Å². The van der Waals surface area contributed by atoms with Crippen LogP contribution < -0.4 is 4.74 Å². The van der Waals surface area contributed by atoms with Crippen LogP contribution in [0.4, 0.5) is 0 Å². The third-order valence-electron chi connectivity index (χ3n) is 2.15. The standard InChI is InChI=1S/C12H15NOS/c1-9-5-4-6-10(2)12(9)14-7-11(3)13-8-15/h4-6,11H,7H2,1-3H3. The van der Waals surface area contributed by atoms with Gasteiger partial charge in [0.25, 0.3) is 0 Å². The second-order valence-corrected chi connectivity index (χ2v) is 3.78. The number of aliphatic imine (C=N–C) groups is 1. The maximum absolute atomic E-state index is 5.70. The van der Waals surface area contributed by atoms with Crippen molar-refractivity contribution in [1.82, 2.24) is 0 Å². The number of isothiocyanates is 1. The average Bonchev–Trinajstić information content (AvgIpc) is 2.17. The third-order valence-corrected chi connectivity index (χ3v) is 2.26. The van der Waals surface area contributed by atoms with Crippen molar-refractivity contribution in [2.24, 2.45) is 4.99 Å². The molecule has 0 fully saturated rings. The highest BCUT2D eigenvalue weighted by Gasteiger charge is 2.05. The summed E-state index contributed by atoms with van der Waals surface area (Å²) in [5, 5.41) is 2.36. The number of hydrogen-bond donors (Lipinski definition) is 0. The van der Waals surface area contributed by atoms with Gasteiger partial charge < -0.3 is 4.74 Å². The lowest BCUT2D eigenvalue weighted by molar-refractivity contribution is 0.294. The number of aryl methyl sites for hydroxylation is 2. The minimum atomic E-state index is 0.0570. The summed E-state index contributed by atoms with van der Waals surface area (Å²) in [4.78, 5) is 3.94. The molecule has 0 aliphatic rings. The van der Waals surface area contributed by atoms with E-state index in [1.54, 1.807) is 0 Å². The van der Waals surface area contributed by atoms with Crippen LogP contribution >= 0.6 is 12.2 Å². The molecule has 0 N–H and O–H groups in total. The van der Waals surface area contributed by atoms with Crippen LogP contribution in [0.2, 0.25) is 0 Å². The van der Waals surface area contributed by atoms with Crippen LogP contribution in [0.5, 0.6) is 5.75 Å². The van der Waals surface area contributed by atoms with Gasteiger partial charge in [0.1, 0.15) is 12.4 Å². The largest absolute Gasteiger partial charge is 0.491 e. The van der Waals surface area contributed by atoms with Crippen LogP contribution in [0.25, 0.3) is 0 Å². The van der Waals surface area contributed by atoms with Crippen LogP contribution in [0.3, 0.4) is 0 Å². The van der Waals surface area contributed by atoms with Crippen LogP contribution in [0.1, 0.15) is 18.1 Å². The second kappa shape index (κ2) is 5.64. The molecule has 0 aliphatic carbocycles. The Hall–Kier alpha value is -1.18. The number of hydrogen-bond acceptors (Lipinski definition) is 3. The molecule has 0 aliphatic heterocycles. The average molecular weight is 221 g/mol. The Morgan fingerprint density at radius 2 is 2.00 bits per heavy atom. The molecule has 2 nitrogen and oxygen atoms in total. The highest BCUT2D eigenvalue weighted by Crippen LogP contribution is 2.22. The zero-order valence-corrected chi connectivity index (χ0v) is 10.1. The van der Waals surface area contributed by atoms with Crippen LogP contribution in [-0.2, 0) is 0 Å². The Balaban J connectivity index is 2.69. The fraction of sp³-hybridized carbons (Fsp3) is 0.417. The fourth-order valence-corrected chi connectivity index (χ4v) is 1.54. The first-order valence-electron chi connectivity index (χ1n) is 4.91. The maximum Gasteiger partial charge on any atom is 0.125 e. The SMILES string of the molecule is Cc1cccc(C)c1OCC(C)N=C=S. The molecule has 0 saturated carbocycles. The minimum absolute atomic E-state index is 0.0570. The molecule has 0 heterocycles. The van der Waals surface area contributed by atoms with Gasteiger partial charge in [-0.2, -0.15) is 0 Å². The molecule has 1 unspecified atom stereocenters. The van der Waals surface area contributed by atoms with Gasteiger partial charge in [0, 0.05) is 0 Å². The second-order valence-electron chi connectivity index (χ2n) is 3.60. The highest BCUT2D eigenvalue weighted by atomic mass is 32.1. The van der Waals surface area contributed by atoms with Gasteiger partial charge in [0.2, 0.25) is 0 Å². The van der Waals surface area contributed by atoms with Crippen molar-refractivity contribution in [2.45, 2.75) is 26.8 Å². The van der Waals surface area contributed by atoms with Crippen LogP contribution in [0.15, 0.2) is 23.2 Å². The Kier molecular flexibility index (Phi) is 4.47. The van der Waals surface area contributed by atoms with Gasteiger partial charge in [-0.05, 0) is 44.1 Å². The van der Waals surface area contributed by atoms with Gasteiger partial charge in [-0.3, -0.25) is 0 Å². The summed E-state index contributed by atoms with van der Waals surface area (Å²) in [6.07, 6.45) is 0. The van der Waals surface area contributed by atoms with E-state index in [4.69, 9.17) is 4.74 Å². The first-order chi connectivity index (χ1) is 7.15. The Morgan fingerprint density at radius 3 is 2.53 bits per heavy atom. The quantitative estimate of drug-likeness (QED) is 0.575. The summed E-state index contributed by atoms with van der Waals surface area (Å²) < 4.78 is 5.70. The topological polar surface area (TPSA) is 21.6 Å². The maximum atomic E-state index is 5.70.